The van der Waals surface area contributed by atoms with Gasteiger partial charge in [-0.2, -0.15) is 0 Å². The maximum atomic E-state index is 10.9. The Morgan fingerprint density at radius 1 is 1.40 bits per heavy atom. The van der Waals surface area contributed by atoms with E-state index in [9.17, 15) is 4.79 Å². The van der Waals surface area contributed by atoms with Gasteiger partial charge in [0.1, 0.15) is 6.04 Å². The van der Waals surface area contributed by atoms with Gasteiger partial charge in [0.05, 0.1) is 0 Å². The molecule has 0 aliphatic carbocycles. The predicted molar refractivity (Wildman–Crippen MR) is 60.4 cm³/mol. The molecule has 5 heteroatoms. The molecule has 0 saturated carbocycles. The zero-order valence-electron chi connectivity index (χ0n) is 9.70. The number of hydrazine groups is 1. The third-order valence-corrected chi connectivity index (χ3v) is 2.35. The van der Waals surface area contributed by atoms with Crippen molar-refractivity contribution in [2.24, 2.45) is 5.73 Å². The van der Waals surface area contributed by atoms with Gasteiger partial charge in [0.15, 0.2) is 0 Å². The van der Waals surface area contributed by atoms with Crippen molar-refractivity contribution in [3.63, 3.8) is 0 Å². The number of nitrogens with one attached hydrogen (secondary N) is 1. The second-order valence-corrected chi connectivity index (χ2v) is 3.48. The van der Waals surface area contributed by atoms with Gasteiger partial charge in [0.25, 0.3) is 0 Å². The Hall–Kier alpha value is -0.650. The van der Waals surface area contributed by atoms with Gasteiger partial charge in [-0.05, 0) is 25.8 Å². The Balaban J connectivity index is 3.97. The lowest BCUT2D eigenvalue weighted by molar-refractivity contribution is -0.141. The van der Waals surface area contributed by atoms with Crippen LogP contribution in [-0.2, 0) is 4.79 Å². The van der Waals surface area contributed by atoms with Gasteiger partial charge in [-0.3, -0.25) is 4.79 Å². The fourth-order valence-electron chi connectivity index (χ4n) is 1.36. The van der Waals surface area contributed by atoms with Crippen LogP contribution in [-0.4, -0.2) is 41.8 Å². The van der Waals surface area contributed by atoms with Crippen molar-refractivity contribution in [2.75, 3.05) is 19.6 Å². The third kappa shape index (κ3) is 6.43. The quantitative estimate of drug-likeness (QED) is 0.385. The van der Waals surface area contributed by atoms with Crippen molar-refractivity contribution >= 4 is 5.97 Å². The van der Waals surface area contributed by atoms with Crippen LogP contribution >= 0.6 is 0 Å². The average molecular weight is 217 g/mol. The number of carbonyl (C=O) groups is 1. The summed E-state index contributed by atoms with van der Waals surface area (Å²) >= 11 is 0. The molecule has 0 bridgehead atoms. The molecule has 0 aliphatic rings. The third-order valence-electron chi connectivity index (χ3n) is 2.35. The molecule has 0 unspecified atom stereocenters. The van der Waals surface area contributed by atoms with Crippen molar-refractivity contribution in [3.05, 3.63) is 0 Å². The van der Waals surface area contributed by atoms with Crippen LogP contribution in [0.15, 0.2) is 0 Å². The molecule has 0 heterocycles. The molecule has 0 fully saturated rings. The standard InChI is InChI=1S/C10H23N3O2/c1-3-13(4-2)12-9(10(14)15)7-5-6-8-11/h9,12H,3-8,11H2,1-2H3,(H,14,15)/t9-/m0/s1. The lowest BCUT2D eigenvalue weighted by Crippen LogP contribution is -2.48. The highest BCUT2D eigenvalue weighted by molar-refractivity contribution is 5.73. The smallest absolute Gasteiger partial charge is 0.322 e. The molecule has 15 heavy (non-hydrogen) atoms. The molecular weight excluding hydrogens is 194 g/mol. The molecule has 0 aromatic heterocycles. The first kappa shape index (κ1) is 14.3. The van der Waals surface area contributed by atoms with Gasteiger partial charge in [-0.25, -0.2) is 10.4 Å². The zero-order valence-corrected chi connectivity index (χ0v) is 9.70. The summed E-state index contributed by atoms with van der Waals surface area (Å²) in [6.07, 6.45) is 2.36. The maximum Gasteiger partial charge on any atom is 0.322 e. The van der Waals surface area contributed by atoms with E-state index in [-0.39, 0.29) is 0 Å². The van der Waals surface area contributed by atoms with E-state index in [2.05, 4.69) is 5.43 Å². The lowest BCUT2D eigenvalue weighted by atomic mass is 10.1. The normalized spacial score (nSPS) is 13.1. The van der Waals surface area contributed by atoms with Crippen LogP contribution in [0.25, 0.3) is 0 Å². The minimum atomic E-state index is -0.793. The molecule has 0 rings (SSSR count). The van der Waals surface area contributed by atoms with E-state index in [0.717, 1.165) is 25.9 Å². The molecule has 0 aromatic rings. The molecule has 0 radical (unpaired) electrons. The number of hydrogen-bond acceptors (Lipinski definition) is 4. The number of nitrogens with zero attached hydrogens (tertiary/aromatic N) is 1. The number of hydrogen-bond donors (Lipinski definition) is 3. The van der Waals surface area contributed by atoms with E-state index in [1.54, 1.807) is 0 Å². The van der Waals surface area contributed by atoms with Crippen molar-refractivity contribution in [3.8, 4) is 0 Å². The van der Waals surface area contributed by atoms with Crippen LogP contribution in [0.1, 0.15) is 33.1 Å². The molecule has 0 spiro atoms. The average Bonchev–Trinajstić information content (AvgIpc) is 2.23. The fraction of sp³-hybridized carbons (Fsp3) is 0.900. The van der Waals surface area contributed by atoms with Crippen molar-refractivity contribution in [1.82, 2.24) is 10.4 Å². The Labute approximate surface area is 91.6 Å². The minimum absolute atomic E-state index is 0.489. The van der Waals surface area contributed by atoms with Crippen molar-refractivity contribution in [2.45, 2.75) is 39.2 Å². The summed E-state index contributed by atoms with van der Waals surface area (Å²) in [7, 11) is 0. The first-order valence-electron chi connectivity index (χ1n) is 5.59. The highest BCUT2D eigenvalue weighted by Crippen LogP contribution is 2.01. The van der Waals surface area contributed by atoms with Crippen LogP contribution in [0.3, 0.4) is 0 Å². The van der Waals surface area contributed by atoms with Gasteiger partial charge >= 0.3 is 5.97 Å². The van der Waals surface area contributed by atoms with Crippen LogP contribution in [0.4, 0.5) is 0 Å². The number of unbranched alkanes of at least 4 members (excludes halogenated alkanes) is 1. The second kappa shape index (κ2) is 8.64. The molecule has 90 valence electrons. The van der Waals surface area contributed by atoms with E-state index in [0.29, 0.717) is 13.0 Å². The van der Waals surface area contributed by atoms with E-state index < -0.39 is 12.0 Å². The van der Waals surface area contributed by atoms with Gasteiger partial charge in [0.2, 0.25) is 0 Å². The molecular formula is C10H23N3O2. The van der Waals surface area contributed by atoms with Crippen LogP contribution in [0.2, 0.25) is 0 Å². The first-order chi connectivity index (χ1) is 7.15. The number of nitrogens with two attached hydrogens (primary N) is 1. The summed E-state index contributed by atoms with van der Waals surface area (Å²) in [5.74, 6) is -0.793. The highest BCUT2D eigenvalue weighted by Gasteiger charge is 2.18. The molecule has 0 saturated heterocycles. The Bertz CT molecular complexity index is 172. The second-order valence-electron chi connectivity index (χ2n) is 3.48. The zero-order chi connectivity index (χ0) is 11.7. The van der Waals surface area contributed by atoms with Gasteiger partial charge in [0, 0.05) is 13.1 Å². The van der Waals surface area contributed by atoms with Crippen LogP contribution < -0.4 is 11.2 Å². The summed E-state index contributed by atoms with van der Waals surface area (Å²) in [4.78, 5) is 10.9. The van der Waals surface area contributed by atoms with E-state index in [1.807, 2.05) is 18.9 Å². The van der Waals surface area contributed by atoms with Crippen molar-refractivity contribution < 1.29 is 9.90 Å². The summed E-state index contributed by atoms with van der Waals surface area (Å²) in [6, 6.07) is -0.489. The molecule has 4 N–H and O–H groups in total. The number of aliphatic carboxylic acids is 1. The van der Waals surface area contributed by atoms with Crippen LogP contribution in [0.5, 0.6) is 0 Å². The number of carboxylic acid groups (broad SMARTS) is 1. The summed E-state index contributed by atoms with van der Waals surface area (Å²) in [5.41, 5.74) is 8.37. The molecule has 1 atom stereocenters. The lowest BCUT2D eigenvalue weighted by Gasteiger charge is -2.24. The van der Waals surface area contributed by atoms with Crippen LogP contribution in [0, 0.1) is 0 Å². The molecule has 0 aromatic carbocycles. The first-order valence-corrected chi connectivity index (χ1v) is 5.59. The van der Waals surface area contributed by atoms with Crippen molar-refractivity contribution in [1.29, 1.82) is 0 Å². The Kier molecular flexibility index (Phi) is 8.27. The van der Waals surface area contributed by atoms with Gasteiger partial charge in [-0.1, -0.05) is 13.8 Å². The Morgan fingerprint density at radius 3 is 2.40 bits per heavy atom. The molecule has 5 nitrogen and oxygen atoms in total. The monoisotopic (exact) mass is 217 g/mol. The van der Waals surface area contributed by atoms with E-state index in [4.69, 9.17) is 10.8 Å². The largest absolute Gasteiger partial charge is 0.480 e. The SMILES string of the molecule is CCN(CC)N[C@@H](CCCCN)C(=O)O. The van der Waals surface area contributed by atoms with E-state index in [1.165, 1.54) is 0 Å². The van der Waals surface area contributed by atoms with Gasteiger partial charge in [-0.15, -0.1) is 0 Å². The maximum absolute atomic E-state index is 10.9. The molecule has 0 amide bonds. The number of rotatable bonds is 9. The van der Waals surface area contributed by atoms with E-state index >= 15 is 0 Å². The highest BCUT2D eigenvalue weighted by atomic mass is 16.4. The number of carboxylic acids is 1. The molecule has 0 aliphatic heterocycles. The minimum Gasteiger partial charge on any atom is -0.480 e. The van der Waals surface area contributed by atoms with Gasteiger partial charge < -0.3 is 10.8 Å². The fourth-order valence-corrected chi connectivity index (χ4v) is 1.36. The summed E-state index contributed by atoms with van der Waals surface area (Å²) in [6.45, 7) is 6.22. The summed E-state index contributed by atoms with van der Waals surface area (Å²) < 4.78 is 0. The Morgan fingerprint density at radius 2 is 2.00 bits per heavy atom. The predicted octanol–water partition coefficient (Wildman–Crippen LogP) is 0.415. The summed E-state index contributed by atoms with van der Waals surface area (Å²) in [5, 5.41) is 10.9. The topological polar surface area (TPSA) is 78.6 Å².